The van der Waals surface area contributed by atoms with Crippen molar-refractivity contribution in [1.29, 1.82) is 0 Å². The summed E-state index contributed by atoms with van der Waals surface area (Å²) in [5.74, 6) is 2.50. The molecule has 1 N–H and O–H groups in total. The van der Waals surface area contributed by atoms with Crippen LogP contribution in [0.5, 0.6) is 0 Å². The Labute approximate surface area is 223 Å². The molecule has 0 radical (unpaired) electrons. The van der Waals surface area contributed by atoms with Gasteiger partial charge in [-0.05, 0) is 62.6 Å². The van der Waals surface area contributed by atoms with E-state index in [1.165, 1.54) is 44.3 Å². The van der Waals surface area contributed by atoms with Gasteiger partial charge in [0.15, 0.2) is 5.54 Å². The van der Waals surface area contributed by atoms with Crippen LogP contribution in [0.15, 0.2) is 36.9 Å². The summed E-state index contributed by atoms with van der Waals surface area (Å²) in [7, 11) is 0. The minimum atomic E-state index is -0.449. The van der Waals surface area contributed by atoms with Crippen LogP contribution in [0, 0.1) is 11.8 Å². The molecule has 3 saturated heterocycles. The van der Waals surface area contributed by atoms with Gasteiger partial charge in [-0.3, -0.25) is 9.97 Å². The highest BCUT2D eigenvalue weighted by Crippen LogP contribution is 2.34. The quantitative estimate of drug-likeness (QED) is 0.486. The average Bonchev–Trinajstić information content (AvgIpc) is 3.45. The molecule has 3 aromatic rings. The fourth-order valence-electron chi connectivity index (χ4n) is 5.94. The lowest BCUT2D eigenvalue weighted by Crippen LogP contribution is -2.53. The Balaban J connectivity index is 1.07. The molecule has 1 unspecified atom stereocenters. The summed E-state index contributed by atoms with van der Waals surface area (Å²) in [6.45, 7) is 8.66. The van der Waals surface area contributed by atoms with Crippen molar-refractivity contribution in [3.8, 4) is 11.4 Å². The Kier molecular flexibility index (Phi) is 6.24. The number of piperidine rings is 1. The molecule has 10 nitrogen and oxygen atoms in total. The van der Waals surface area contributed by atoms with E-state index in [-0.39, 0.29) is 0 Å². The topological polar surface area (TPSA) is 97.1 Å². The second-order valence-corrected chi connectivity index (χ2v) is 11.7. The van der Waals surface area contributed by atoms with E-state index in [0.29, 0.717) is 30.9 Å². The third kappa shape index (κ3) is 4.64. The van der Waals surface area contributed by atoms with Crippen molar-refractivity contribution in [3.05, 3.63) is 42.6 Å². The van der Waals surface area contributed by atoms with E-state index in [4.69, 9.17) is 14.7 Å². The van der Waals surface area contributed by atoms with Gasteiger partial charge in [-0.25, -0.2) is 9.67 Å². The summed E-state index contributed by atoms with van der Waals surface area (Å²) in [6.07, 6.45) is 14.0. The zero-order chi connectivity index (χ0) is 25.5. The average molecular weight is 516 g/mol. The third-order valence-electron chi connectivity index (χ3n) is 8.65. The van der Waals surface area contributed by atoms with Gasteiger partial charge in [-0.1, -0.05) is 12.1 Å². The summed E-state index contributed by atoms with van der Waals surface area (Å²) in [5.41, 5.74) is 3.14. The van der Waals surface area contributed by atoms with E-state index >= 15 is 0 Å². The molecule has 3 aromatic heterocycles. The normalized spacial score (nSPS) is 25.0. The fraction of sp³-hybridized carbons (Fsp3) is 0.607. The van der Waals surface area contributed by atoms with E-state index in [0.717, 1.165) is 49.3 Å². The van der Waals surface area contributed by atoms with Crippen LogP contribution in [-0.2, 0) is 10.3 Å². The molecular weight excluding hydrogens is 478 g/mol. The van der Waals surface area contributed by atoms with Crippen LogP contribution in [0.2, 0.25) is 0 Å². The molecule has 3 aliphatic heterocycles. The molecule has 7 rings (SSSR count). The Hall–Kier alpha value is -3.11. The third-order valence-corrected chi connectivity index (χ3v) is 8.65. The van der Waals surface area contributed by atoms with Gasteiger partial charge in [0.2, 0.25) is 0 Å². The van der Waals surface area contributed by atoms with Crippen molar-refractivity contribution in [1.82, 2.24) is 35.3 Å². The number of rotatable bonds is 8. The van der Waals surface area contributed by atoms with E-state index < -0.39 is 5.54 Å². The number of nitrogens with one attached hydrogen (secondary N) is 1. The lowest BCUT2D eigenvalue weighted by atomic mass is 9.92. The molecule has 0 aromatic carbocycles. The number of nitrogens with zero attached hydrogens (tertiary/aromatic N) is 8. The minimum absolute atomic E-state index is 0.449. The van der Waals surface area contributed by atoms with Gasteiger partial charge in [-0.2, -0.15) is 0 Å². The molecule has 38 heavy (non-hydrogen) atoms. The molecule has 4 fully saturated rings. The molecule has 0 spiro atoms. The first-order valence-corrected chi connectivity index (χ1v) is 14.2. The van der Waals surface area contributed by atoms with Gasteiger partial charge in [0.25, 0.3) is 0 Å². The summed E-state index contributed by atoms with van der Waals surface area (Å²) in [4.78, 5) is 19.0. The molecule has 0 bridgehead atoms. The van der Waals surface area contributed by atoms with Gasteiger partial charge in [0.05, 0.1) is 49.4 Å². The van der Waals surface area contributed by atoms with Crippen LogP contribution >= 0.6 is 0 Å². The first kappa shape index (κ1) is 24.0. The highest BCUT2D eigenvalue weighted by atomic mass is 16.5. The van der Waals surface area contributed by atoms with Crippen molar-refractivity contribution in [3.63, 3.8) is 0 Å². The number of hydrogen-bond donors (Lipinski definition) is 1. The summed E-state index contributed by atoms with van der Waals surface area (Å²) in [5, 5.41) is 12.8. The monoisotopic (exact) mass is 515 g/mol. The number of anilines is 2. The lowest BCUT2D eigenvalue weighted by molar-refractivity contribution is -0.0851. The second kappa shape index (κ2) is 9.89. The Morgan fingerprint density at radius 1 is 1.00 bits per heavy atom. The number of aromatic nitrogens is 6. The maximum Gasteiger partial charge on any atom is 0.152 e. The standard InChI is InChI=1S/C28H37N9O/c1-20-8-10-36(15-20)27-14-29-13-24(32-27)25-17-37(34-33-25)28(18-38-19-28)26-7-6-23(12-31-26)35-9-2-3-22(16-35)30-11-21-4-5-21/h6-7,12-14,17,20-22,30H,2-5,8-11,15-16,18-19H2,1H3/t20-,22?/m1/s1. The van der Waals surface area contributed by atoms with Crippen LogP contribution in [0.4, 0.5) is 11.5 Å². The van der Waals surface area contributed by atoms with Crippen molar-refractivity contribution in [2.75, 3.05) is 55.7 Å². The van der Waals surface area contributed by atoms with Crippen LogP contribution < -0.4 is 15.1 Å². The SMILES string of the molecule is C[C@@H]1CCN(c2cncc(-c3cn(C4(c5ccc(N6CCCC(NCC7CC7)C6)cn5)COC4)nn3)n2)C1. The Morgan fingerprint density at radius 3 is 2.66 bits per heavy atom. The summed E-state index contributed by atoms with van der Waals surface area (Å²) < 4.78 is 7.59. The molecule has 1 saturated carbocycles. The molecule has 4 aliphatic rings. The molecule has 0 amide bonds. The maximum absolute atomic E-state index is 5.69. The predicted octanol–water partition coefficient (Wildman–Crippen LogP) is 2.72. The molecule has 10 heteroatoms. The van der Waals surface area contributed by atoms with Crippen LogP contribution in [-0.4, -0.2) is 81.9 Å². The summed E-state index contributed by atoms with van der Waals surface area (Å²) >= 11 is 0. The van der Waals surface area contributed by atoms with Gasteiger partial charge in [0, 0.05) is 32.2 Å². The van der Waals surface area contributed by atoms with E-state index in [1.54, 1.807) is 6.20 Å². The summed E-state index contributed by atoms with van der Waals surface area (Å²) in [6, 6.07) is 4.91. The van der Waals surface area contributed by atoms with E-state index in [2.05, 4.69) is 49.5 Å². The molecule has 200 valence electrons. The minimum Gasteiger partial charge on any atom is -0.375 e. The Bertz CT molecular complexity index is 1250. The number of pyridine rings is 1. The molecule has 6 heterocycles. The number of hydrogen-bond acceptors (Lipinski definition) is 9. The van der Waals surface area contributed by atoms with Crippen LogP contribution in [0.1, 0.15) is 44.7 Å². The van der Waals surface area contributed by atoms with Crippen molar-refractivity contribution in [2.45, 2.75) is 50.6 Å². The van der Waals surface area contributed by atoms with Crippen molar-refractivity contribution in [2.24, 2.45) is 11.8 Å². The smallest absolute Gasteiger partial charge is 0.152 e. The predicted molar refractivity (Wildman–Crippen MR) is 145 cm³/mol. The first-order chi connectivity index (χ1) is 18.7. The zero-order valence-electron chi connectivity index (χ0n) is 22.2. The van der Waals surface area contributed by atoms with E-state index in [1.807, 2.05) is 23.3 Å². The molecule has 1 aliphatic carbocycles. The van der Waals surface area contributed by atoms with E-state index in [9.17, 15) is 0 Å². The molecular formula is C28H37N9O. The largest absolute Gasteiger partial charge is 0.375 e. The zero-order valence-corrected chi connectivity index (χ0v) is 22.2. The Morgan fingerprint density at radius 2 is 1.92 bits per heavy atom. The van der Waals surface area contributed by atoms with Crippen molar-refractivity contribution < 1.29 is 4.74 Å². The number of ether oxygens (including phenoxy) is 1. The highest BCUT2D eigenvalue weighted by molar-refractivity contribution is 5.55. The van der Waals surface area contributed by atoms with Crippen LogP contribution in [0.25, 0.3) is 11.4 Å². The highest BCUT2D eigenvalue weighted by Gasteiger charge is 2.45. The second-order valence-electron chi connectivity index (χ2n) is 11.7. The van der Waals surface area contributed by atoms with Gasteiger partial charge in [-0.15, -0.1) is 5.10 Å². The maximum atomic E-state index is 5.69. The van der Waals surface area contributed by atoms with Gasteiger partial charge >= 0.3 is 0 Å². The lowest BCUT2D eigenvalue weighted by Gasteiger charge is -2.40. The van der Waals surface area contributed by atoms with Crippen LogP contribution in [0.3, 0.4) is 0 Å². The van der Waals surface area contributed by atoms with Gasteiger partial charge in [0.1, 0.15) is 17.2 Å². The fourth-order valence-corrected chi connectivity index (χ4v) is 5.94. The molecule has 2 atom stereocenters. The van der Waals surface area contributed by atoms with Crippen molar-refractivity contribution >= 4 is 11.5 Å². The van der Waals surface area contributed by atoms with Gasteiger partial charge < -0.3 is 19.9 Å². The first-order valence-electron chi connectivity index (χ1n) is 14.2.